The summed E-state index contributed by atoms with van der Waals surface area (Å²) in [6, 6.07) is 7.42. The molecule has 5 nitrogen and oxygen atoms in total. The lowest BCUT2D eigenvalue weighted by molar-refractivity contribution is -0.121. The molecule has 0 radical (unpaired) electrons. The van der Waals surface area contributed by atoms with Crippen LogP contribution in [0.2, 0.25) is 0 Å². The number of carbonyl (C=O) groups excluding carboxylic acids is 2. The van der Waals surface area contributed by atoms with Crippen LogP contribution < -0.4 is 5.32 Å². The molecule has 2 amide bonds. The van der Waals surface area contributed by atoms with Gasteiger partial charge in [0.1, 0.15) is 0 Å². The van der Waals surface area contributed by atoms with Crippen molar-refractivity contribution >= 4 is 44.2 Å². The zero-order chi connectivity index (χ0) is 19.5. The minimum absolute atomic E-state index is 0.0371. The lowest BCUT2D eigenvalue weighted by atomic mass is 9.95. The first-order chi connectivity index (χ1) is 13.6. The van der Waals surface area contributed by atoms with Crippen molar-refractivity contribution in [2.24, 2.45) is 5.92 Å². The average Bonchev–Trinajstić information content (AvgIpc) is 2.96. The Hall–Kier alpha value is -1.73. The molecular weight excluding hydrogens is 438 g/mol. The van der Waals surface area contributed by atoms with Crippen molar-refractivity contribution < 1.29 is 9.59 Å². The molecule has 0 bridgehead atoms. The Morgan fingerprint density at radius 3 is 2.54 bits per heavy atom. The first kappa shape index (κ1) is 19.6. The summed E-state index contributed by atoms with van der Waals surface area (Å²) >= 11 is 5.02. The molecule has 28 heavy (non-hydrogen) atoms. The minimum atomic E-state index is -0.0577. The highest BCUT2D eigenvalue weighted by Crippen LogP contribution is 2.30. The van der Waals surface area contributed by atoms with Crippen LogP contribution in [0.1, 0.15) is 53.0 Å². The van der Waals surface area contributed by atoms with E-state index in [0.29, 0.717) is 31.5 Å². The Morgan fingerprint density at radius 1 is 1.07 bits per heavy atom. The Labute approximate surface area is 177 Å². The Morgan fingerprint density at radius 2 is 1.79 bits per heavy atom. The number of aromatic nitrogens is 1. The summed E-state index contributed by atoms with van der Waals surface area (Å²) in [7, 11) is 0. The van der Waals surface area contributed by atoms with Gasteiger partial charge < -0.3 is 10.2 Å². The molecule has 1 saturated heterocycles. The molecule has 4 rings (SSSR count). The summed E-state index contributed by atoms with van der Waals surface area (Å²) in [5.74, 6) is 0.0207. The topological polar surface area (TPSA) is 62.3 Å². The number of hydrogen-bond acceptors (Lipinski definition) is 4. The van der Waals surface area contributed by atoms with Gasteiger partial charge in [0.15, 0.2) is 5.13 Å². The van der Waals surface area contributed by atoms with Crippen LogP contribution >= 0.6 is 27.3 Å². The van der Waals surface area contributed by atoms with Crippen LogP contribution in [0.15, 0.2) is 28.7 Å². The van der Waals surface area contributed by atoms with Gasteiger partial charge in [0.2, 0.25) is 5.91 Å². The summed E-state index contributed by atoms with van der Waals surface area (Å²) in [5, 5.41) is 3.77. The molecule has 1 aliphatic carbocycles. The second-order valence-electron chi connectivity index (χ2n) is 7.51. The van der Waals surface area contributed by atoms with Crippen LogP contribution in [0, 0.1) is 5.92 Å². The van der Waals surface area contributed by atoms with Gasteiger partial charge in [-0.25, -0.2) is 4.98 Å². The quantitative estimate of drug-likeness (QED) is 0.675. The monoisotopic (exact) mass is 461 g/mol. The van der Waals surface area contributed by atoms with Gasteiger partial charge in [0, 0.05) is 33.9 Å². The third kappa shape index (κ3) is 4.46. The summed E-state index contributed by atoms with van der Waals surface area (Å²) in [6.07, 6.45) is 7.17. The molecule has 148 valence electrons. The zero-order valence-corrected chi connectivity index (χ0v) is 18.2. The number of likely N-dealkylation sites (tertiary alicyclic amines) is 1. The largest absolute Gasteiger partial charge is 0.339 e. The van der Waals surface area contributed by atoms with Crippen molar-refractivity contribution in [3.8, 4) is 0 Å². The van der Waals surface area contributed by atoms with Crippen LogP contribution in [0.5, 0.6) is 0 Å². The van der Waals surface area contributed by atoms with E-state index >= 15 is 0 Å². The van der Waals surface area contributed by atoms with Crippen molar-refractivity contribution in [1.29, 1.82) is 0 Å². The molecule has 1 aliphatic heterocycles. The van der Waals surface area contributed by atoms with Crippen LogP contribution in [-0.2, 0) is 17.6 Å². The number of aryl methyl sites for hydroxylation is 2. The van der Waals surface area contributed by atoms with Gasteiger partial charge in [-0.15, -0.1) is 11.3 Å². The predicted octanol–water partition coefficient (Wildman–Crippen LogP) is 4.67. The van der Waals surface area contributed by atoms with E-state index in [1.165, 1.54) is 29.8 Å². The number of anilines is 1. The number of thiazole rings is 1. The number of piperidine rings is 1. The fraction of sp³-hybridized carbons (Fsp3) is 0.476. The van der Waals surface area contributed by atoms with Crippen LogP contribution in [0.25, 0.3) is 0 Å². The first-order valence-electron chi connectivity index (χ1n) is 9.94. The molecule has 1 fully saturated rings. The van der Waals surface area contributed by atoms with E-state index in [1.54, 1.807) is 11.3 Å². The zero-order valence-electron chi connectivity index (χ0n) is 15.7. The van der Waals surface area contributed by atoms with Gasteiger partial charge in [0.05, 0.1) is 5.69 Å². The Balaban J connectivity index is 1.31. The molecule has 0 saturated carbocycles. The highest BCUT2D eigenvalue weighted by molar-refractivity contribution is 9.10. The second-order valence-corrected chi connectivity index (χ2v) is 9.51. The van der Waals surface area contributed by atoms with Crippen LogP contribution in [-0.4, -0.2) is 34.8 Å². The van der Waals surface area contributed by atoms with Crippen molar-refractivity contribution in [1.82, 2.24) is 9.88 Å². The smallest absolute Gasteiger partial charge is 0.253 e. The number of nitrogens with one attached hydrogen (secondary N) is 1. The summed E-state index contributed by atoms with van der Waals surface area (Å²) < 4.78 is 0.957. The van der Waals surface area contributed by atoms with E-state index in [4.69, 9.17) is 0 Å². The van der Waals surface area contributed by atoms with Crippen molar-refractivity contribution in [2.75, 3.05) is 18.4 Å². The molecule has 1 N–H and O–H groups in total. The molecule has 2 heterocycles. The van der Waals surface area contributed by atoms with Crippen molar-refractivity contribution in [2.45, 2.75) is 44.9 Å². The number of hydrogen-bond donors (Lipinski definition) is 1. The molecular formula is C21H24BrN3O2S. The van der Waals surface area contributed by atoms with E-state index in [1.807, 2.05) is 29.2 Å². The Kier molecular flexibility index (Phi) is 6.11. The highest BCUT2D eigenvalue weighted by atomic mass is 79.9. The molecule has 1 aromatic carbocycles. The number of carbonyl (C=O) groups is 2. The van der Waals surface area contributed by atoms with Gasteiger partial charge in [-0.1, -0.05) is 22.4 Å². The molecule has 7 heteroatoms. The van der Waals surface area contributed by atoms with Gasteiger partial charge >= 0.3 is 0 Å². The predicted molar refractivity (Wildman–Crippen MR) is 115 cm³/mol. The van der Waals surface area contributed by atoms with E-state index in [9.17, 15) is 9.59 Å². The first-order valence-corrected chi connectivity index (χ1v) is 11.6. The van der Waals surface area contributed by atoms with Crippen molar-refractivity contribution in [3.63, 3.8) is 0 Å². The van der Waals surface area contributed by atoms with E-state index < -0.39 is 0 Å². The highest BCUT2D eigenvalue weighted by Gasteiger charge is 2.28. The maximum atomic E-state index is 12.7. The number of amides is 2. The van der Waals surface area contributed by atoms with E-state index in [0.717, 1.165) is 22.4 Å². The van der Waals surface area contributed by atoms with Gasteiger partial charge in [0.25, 0.3) is 5.91 Å². The van der Waals surface area contributed by atoms with Gasteiger partial charge in [-0.2, -0.15) is 0 Å². The van der Waals surface area contributed by atoms with Gasteiger partial charge in [-0.3, -0.25) is 9.59 Å². The molecule has 2 aromatic rings. The fourth-order valence-electron chi connectivity index (χ4n) is 3.91. The molecule has 2 aliphatic rings. The number of rotatable bonds is 3. The summed E-state index contributed by atoms with van der Waals surface area (Å²) in [5.41, 5.74) is 1.86. The maximum Gasteiger partial charge on any atom is 0.253 e. The summed E-state index contributed by atoms with van der Waals surface area (Å²) in [4.78, 5) is 33.1. The van der Waals surface area contributed by atoms with E-state index in [2.05, 4.69) is 26.2 Å². The SMILES string of the molecule is O=C(Nc1nc2c(s1)CCCCC2)C1CCN(C(=O)c2ccc(Br)cc2)CC1. The van der Waals surface area contributed by atoms with Crippen LogP contribution in [0.3, 0.4) is 0 Å². The minimum Gasteiger partial charge on any atom is -0.339 e. The lowest BCUT2D eigenvalue weighted by Gasteiger charge is -2.31. The normalized spacial score (nSPS) is 17.7. The summed E-state index contributed by atoms with van der Waals surface area (Å²) in [6.45, 7) is 1.22. The van der Waals surface area contributed by atoms with Crippen molar-refractivity contribution in [3.05, 3.63) is 44.9 Å². The third-order valence-corrected chi connectivity index (χ3v) is 7.17. The van der Waals surface area contributed by atoms with Crippen LogP contribution in [0.4, 0.5) is 5.13 Å². The second kappa shape index (κ2) is 8.74. The van der Waals surface area contributed by atoms with E-state index in [-0.39, 0.29) is 17.7 Å². The molecule has 0 atom stereocenters. The number of benzene rings is 1. The molecule has 1 aromatic heterocycles. The third-order valence-electron chi connectivity index (χ3n) is 5.57. The number of nitrogens with zero attached hydrogens (tertiary/aromatic N) is 2. The standard InChI is InChI=1S/C21H24BrN3O2S/c22-16-8-6-15(7-9-16)20(27)25-12-10-14(11-13-25)19(26)24-21-23-17-4-2-1-3-5-18(17)28-21/h6-9,14H,1-5,10-13H2,(H,23,24,26). The fourth-order valence-corrected chi connectivity index (χ4v) is 5.23. The average molecular weight is 462 g/mol. The number of fused-ring (bicyclic) bond motifs is 1. The Bertz CT molecular complexity index is 834. The lowest BCUT2D eigenvalue weighted by Crippen LogP contribution is -2.41. The molecule has 0 unspecified atom stereocenters. The number of halogens is 1. The van der Waals surface area contributed by atoms with Gasteiger partial charge in [-0.05, 0) is 62.8 Å². The maximum absolute atomic E-state index is 12.7. The molecule has 0 spiro atoms.